The average Bonchev–Trinajstić information content (AvgIpc) is 3.00. The number of hydrogen-bond acceptors (Lipinski definition) is 2. The van der Waals surface area contributed by atoms with Crippen LogP contribution in [0.2, 0.25) is 0 Å². The van der Waals surface area contributed by atoms with Crippen LogP contribution in [-0.2, 0) is 9.59 Å². The molecule has 0 amide bonds. The zero-order valence-corrected chi connectivity index (χ0v) is 22.1. The van der Waals surface area contributed by atoms with Gasteiger partial charge in [-0.15, -0.1) is 0 Å². The van der Waals surface area contributed by atoms with E-state index in [9.17, 15) is 14.7 Å². The molecule has 3 nitrogen and oxygen atoms in total. The highest BCUT2D eigenvalue weighted by Crippen LogP contribution is 2.72. The average molecular weight is 455 g/mol. The number of carbonyl (C=O) groups is 2. The van der Waals surface area contributed by atoms with Crippen molar-refractivity contribution in [2.75, 3.05) is 0 Å². The van der Waals surface area contributed by atoms with Crippen LogP contribution in [-0.4, -0.2) is 16.9 Å². The molecule has 0 bridgehead atoms. The summed E-state index contributed by atoms with van der Waals surface area (Å²) in [6, 6.07) is 0. The van der Waals surface area contributed by atoms with E-state index in [1.54, 1.807) is 11.1 Å². The molecule has 4 aliphatic rings. The molecule has 6 atom stereocenters. The van der Waals surface area contributed by atoms with Crippen molar-refractivity contribution in [3.63, 3.8) is 0 Å². The molecular formula is C30H46O3. The van der Waals surface area contributed by atoms with E-state index >= 15 is 0 Å². The maximum atomic E-state index is 12.8. The Hall–Kier alpha value is -1.38. The number of rotatable bonds is 5. The molecule has 0 aromatic carbocycles. The molecule has 4 rings (SSSR count). The number of ketones is 1. The second-order valence-corrected chi connectivity index (χ2v) is 13.3. The summed E-state index contributed by atoms with van der Waals surface area (Å²) in [4.78, 5) is 25.2. The Balaban J connectivity index is 1.70. The van der Waals surface area contributed by atoms with E-state index in [0.29, 0.717) is 18.1 Å². The molecule has 0 unspecified atom stereocenters. The molecule has 0 radical (unpaired) electrons. The maximum absolute atomic E-state index is 12.8. The van der Waals surface area contributed by atoms with Crippen LogP contribution in [0.4, 0.5) is 0 Å². The molecule has 3 heteroatoms. The topological polar surface area (TPSA) is 54.4 Å². The van der Waals surface area contributed by atoms with Gasteiger partial charge in [0, 0.05) is 11.8 Å². The summed E-state index contributed by atoms with van der Waals surface area (Å²) in [6.07, 6.45) is 12.0. The first kappa shape index (κ1) is 24.7. The molecule has 2 fully saturated rings. The molecule has 0 aromatic rings. The van der Waals surface area contributed by atoms with E-state index < -0.39 is 5.97 Å². The number of carboxylic acids is 1. The number of fused-ring (bicyclic) bond motifs is 4. The maximum Gasteiger partial charge on any atom is 0.306 e. The van der Waals surface area contributed by atoms with Crippen molar-refractivity contribution in [2.24, 2.45) is 39.4 Å². The zero-order chi connectivity index (χ0) is 24.4. The van der Waals surface area contributed by atoms with E-state index in [1.807, 2.05) is 0 Å². The van der Waals surface area contributed by atoms with Crippen molar-refractivity contribution in [1.29, 1.82) is 0 Å². The Morgan fingerprint density at radius 3 is 2.33 bits per heavy atom. The molecule has 2 saturated carbocycles. The van der Waals surface area contributed by atoms with Crippen LogP contribution in [0.25, 0.3) is 0 Å². The smallest absolute Gasteiger partial charge is 0.306 e. The van der Waals surface area contributed by atoms with Crippen LogP contribution < -0.4 is 0 Å². The van der Waals surface area contributed by atoms with Gasteiger partial charge in [-0.3, -0.25) is 9.59 Å². The summed E-state index contributed by atoms with van der Waals surface area (Å²) >= 11 is 0. The minimum absolute atomic E-state index is 0.0447. The summed E-state index contributed by atoms with van der Waals surface area (Å²) in [5.74, 6) is 0.270. The van der Waals surface area contributed by atoms with Crippen LogP contribution in [0, 0.1) is 39.4 Å². The first-order chi connectivity index (χ1) is 15.3. The van der Waals surface area contributed by atoms with Crippen LogP contribution in [0.3, 0.4) is 0 Å². The lowest BCUT2D eigenvalue weighted by Gasteiger charge is -2.60. The SMILES string of the molecule is CC(C)=CCC[C@@H](C(=O)O)[C@H]1CC[C@]2(C)C3=C(CC[C@@]12C)[C@@]1(C)CCC(=O)C(C)(C)[C@@H]1CC3. The summed E-state index contributed by atoms with van der Waals surface area (Å²) in [7, 11) is 0. The Morgan fingerprint density at radius 2 is 1.70 bits per heavy atom. The standard InChI is InChI=1S/C30H46O3/c1-19(2)9-8-10-20(26(32)33)21-13-17-30(7)23-11-12-24-27(3,4)25(31)15-16-28(24,5)22(23)14-18-29(21,30)6/h9,20-21,24H,8,10-18H2,1-7H3,(H,32,33)/t20-,21-,24+,28-,29+,30-/m1/s1. The lowest BCUT2D eigenvalue weighted by Crippen LogP contribution is -2.54. The zero-order valence-electron chi connectivity index (χ0n) is 22.1. The van der Waals surface area contributed by atoms with Gasteiger partial charge in [-0.2, -0.15) is 0 Å². The second-order valence-electron chi connectivity index (χ2n) is 13.3. The summed E-state index contributed by atoms with van der Waals surface area (Å²) < 4.78 is 0. The van der Waals surface area contributed by atoms with Crippen LogP contribution in [0.15, 0.2) is 22.8 Å². The van der Waals surface area contributed by atoms with Gasteiger partial charge in [-0.1, -0.05) is 57.4 Å². The Bertz CT molecular complexity index is 904. The molecule has 0 aliphatic heterocycles. The minimum atomic E-state index is -0.601. The van der Waals surface area contributed by atoms with Crippen LogP contribution in [0.5, 0.6) is 0 Å². The molecule has 1 N–H and O–H groups in total. The molecular weight excluding hydrogens is 408 g/mol. The van der Waals surface area contributed by atoms with Crippen molar-refractivity contribution in [3.05, 3.63) is 22.8 Å². The number of hydrogen-bond donors (Lipinski definition) is 1. The number of carboxylic acid groups (broad SMARTS) is 1. The van der Waals surface area contributed by atoms with Crippen molar-refractivity contribution >= 4 is 11.8 Å². The molecule has 0 spiro atoms. The quantitative estimate of drug-likeness (QED) is 0.432. The number of allylic oxidation sites excluding steroid dienone is 4. The number of Topliss-reactive ketones (excluding diaryl/α,β-unsaturated/α-hetero) is 1. The Morgan fingerprint density at radius 1 is 1.00 bits per heavy atom. The fraction of sp³-hybridized carbons (Fsp3) is 0.800. The van der Waals surface area contributed by atoms with Crippen LogP contribution in [0.1, 0.15) is 113 Å². The van der Waals surface area contributed by atoms with Crippen molar-refractivity contribution in [2.45, 2.75) is 113 Å². The van der Waals surface area contributed by atoms with Crippen molar-refractivity contribution < 1.29 is 14.7 Å². The van der Waals surface area contributed by atoms with Gasteiger partial charge in [0.1, 0.15) is 5.78 Å². The first-order valence-corrected chi connectivity index (χ1v) is 13.4. The van der Waals surface area contributed by atoms with Gasteiger partial charge in [-0.05, 0) is 99.7 Å². The predicted molar refractivity (Wildman–Crippen MR) is 134 cm³/mol. The van der Waals surface area contributed by atoms with Gasteiger partial charge < -0.3 is 5.11 Å². The van der Waals surface area contributed by atoms with E-state index in [2.05, 4.69) is 54.5 Å². The molecule has 0 aromatic heterocycles. The highest BCUT2D eigenvalue weighted by atomic mass is 16.4. The van der Waals surface area contributed by atoms with Gasteiger partial charge in [0.15, 0.2) is 0 Å². The first-order valence-electron chi connectivity index (χ1n) is 13.4. The minimum Gasteiger partial charge on any atom is -0.481 e. The summed E-state index contributed by atoms with van der Waals surface area (Å²) in [5.41, 5.74) is 4.63. The predicted octanol–water partition coefficient (Wildman–Crippen LogP) is 7.75. The third-order valence-corrected chi connectivity index (χ3v) is 11.4. The highest BCUT2D eigenvalue weighted by Gasteiger charge is 2.64. The Kier molecular flexibility index (Phi) is 6.07. The third kappa shape index (κ3) is 3.50. The molecule has 0 heterocycles. The van der Waals surface area contributed by atoms with Crippen LogP contribution >= 0.6 is 0 Å². The molecule has 184 valence electrons. The van der Waals surface area contributed by atoms with Gasteiger partial charge in [-0.25, -0.2) is 0 Å². The lowest BCUT2D eigenvalue weighted by atomic mass is 9.43. The number of aliphatic carboxylic acids is 1. The highest BCUT2D eigenvalue weighted by molar-refractivity contribution is 5.85. The Labute approximate surface area is 201 Å². The summed E-state index contributed by atoms with van der Waals surface area (Å²) in [6.45, 7) is 15.9. The van der Waals surface area contributed by atoms with Gasteiger partial charge in [0.2, 0.25) is 0 Å². The largest absolute Gasteiger partial charge is 0.481 e. The van der Waals surface area contributed by atoms with Gasteiger partial charge in [0.25, 0.3) is 0 Å². The van der Waals surface area contributed by atoms with E-state index in [-0.39, 0.29) is 33.5 Å². The fourth-order valence-electron chi connectivity index (χ4n) is 9.22. The molecule has 33 heavy (non-hydrogen) atoms. The molecule has 4 aliphatic carbocycles. The number of carbonyl (C=O) groups excluding carboxylic acids is 1. The summed E-state index contributed by atoms with van der Waals surface area (Å²) in [5, 5.41) is 10.2. The van der Waals surface area contributed by atoms with Gasteiger partial charge in [0.05, 0.1) is 5.92 Å². The van der Waals surface area contributed by atoms with Gasteiger partial charge >= 0.3 is 5.97 Å². The molecule has 0 saturated heterocycles. The fourth-order valence-corrected chi connectivity index (χ4v) is 9.22. The second kappa shape index (κ2) is 8.09. The van der Waals surface area contributed by atoms with Crippen molar-refractivity contribution in [3.8, 4) is 0 Å². The lowest BCUT2D eigenvalue weighted by molar-refractivity contribution is -0.146. The van der Waals surface area contributed by atoms with E-state index in [0.717, 1.165) is 57.8 Å². The van der Waals surface area contributed by atoms with Crippen molar-refractivity contribution in [1.82, 2.24) is 0 Å². The third-order valence-electron chi connectivity index (χ3n) is 11.4. The van der Waals surface area contributed by atoms with E-state index in [4.69, 9.17) is 0 Å². The van der Waals surface area contributed by atoms with E-state index in [1.165, 1.54) is 5.57 Å². The monoisotopic (exact) mass is 454 g/mol. The normalized spacial score (nSPS) is 40.5.